The molecule has 1 amide bonds. The predicted octanol–water partition coefficient (Wildman–Crippen LogP) is 3.28. The van der Waals surface area contributed by atoms with Crippen LogP contribution in [0, 0.1) is 13.8 Å². The van der Waals surface area contributed by atoms with Crippen LogP contribution in [0.3, 0.4) is 0 Å². The van der Waals surface area contributed by atoms with E-state index in [2.05, 4.69) is 45.8 Å². The van der Waals surface area contributed by atoms with Crippen molar-refractivity contribution in [3.05, 3.63) is 35.6 Å². The van der Waals surface area contributed by atoms with E-state index in [0.717, 1.165) is 24.3 Å². The third-order valence-electron chi connectivity index (χ3n) is 4.23. The molecule has 2 aromatic rings. The van der Waals surface area contributed by atoms with Crippen LogP contribution in [-0.4, -0.2) is 41.7 Å². The third-order valence-corrected chi connectivity index (χ3v) is 5.17. The van der Waals surface area contributed by atoms with Gasteiger partial charge in [0.1, 0.15) is 11.8 Å². The summed E-state index contributed by atoms with van der Waals surface area (Å²) in [5.74, 6) is 3.31. The molecule has 1 aromatic carbocycles. The Bertz CT molecular complexity index is 740. The number of aryl methyl sites for hydroxylation is 2. The summed E-state index contributed by atoms with van der Waals surface area (Å²) in [6.45, 7) is 7.86. The number of anilines is 3. The van der Waals surface area contributed by atoms with E-state index < -0.39 is 0 Å². The van der Waals surface area contributed by atoms with Crippen LogP contribution in [0.25, 0.3) is 0 Å². The quantitative estimate of drug-likeness (QED) is 0.853. The molecule has 0 spiro atoms. The molecule has 0 saturated carbocycles. The molecule has 3 rings (SSSR count). The minimum absolute atomic E-state index is 0.148. The highest BCUT2D eigenvalue weighted by atomic mass is 32.2. The smallest absolute Gasteiger partial charge is 0.247 e. The Hall–Kier alpha value is -2.15. The minimum Gasteiger partial charge on any atom is -0.374 e. The molecule has 7 heteroatoms. The number of hydrogen-bond acceptors (Lipinski definition) is 6. The van der Waals surface area contributed by atoms with Crippen LogP contribution in [0.2, 0.25) is 0 Å². The number of carbonyl (C=O) groups excluding carboxylic acids is 1. The molecule has 1 fully saturated rings. The monoisotopic (exact) mass is 360 g/mol. The highest BCUT2D eigenvalue weighted by molar-refractivity contribution is 7.99. The van der Waals surface area contributed by atoms with E-state index in [1.54, 1.807) is 13.0 Å². The summed E-state index contributed by atoms with van der Waals surface area (Å²) in [7, 11) is 0. The van der Waals surface area contributed by atoms with Crippen molar-refractivity contribution in [3.8, 4) is 0 Å². The minimum atomic E-state index is -0.382. The number of amides is 1. The van der Waals surface area contributed by atoms with E-state index in [4.69, 9.17) is 4.52 Å². The Morgan fingerprint density at radius 2 is 2.04 bits per heavy atom. The molecule has 0 aliphatic carbocycles. The summed E-state index contributed by atoms with van der Waals surface area (Å²) in [5.41, 5.74) is 3.35. The van der Waals surface area contributed by atoms with Crippen LogP contribution in [-0.2, 0) is 4.79 Å². The Balaban J connectivity index is 1.62. The van der Waals surface area contributed by atoms with Gasteiger partial charge in [0.2, 0.25) is 5.91 Å². The fraction of sp³-hybridized carbons (Fsp3) is 0.444. The average molecular weight is 360 g/mol. The molecule has 0 radical (unpaired) electrons. The van der Waals surface area contributed by atoms with Crippen molar-refractivity contribution in [1.29, 1.82) is 0 Å². The van der Waals surface area contributed by atoms with Crippen LogP contribution >= 0.6 is 11.8 Å². The number of nitrogens with one attached hydrogen (secondary N) is 2. The normalized spacial score (nSPS) is 15.7. The number of carbonyl (C=O) groups is 1. The predicted molar refractivity (Wildman–Crippen MR) is 104 cm³/mol. The van der Waals surface area contributed by atoms with Gasteiger partial charge in [0.15, 0.2) is 5.82 Å². The maximum Gasteiger partial charge on any atom is 0.247 e. The Morgan fingerprint density at radius 3 is 2.68 bits per heavy atom. The van der Waals surface area contributed by atoms with Gasteiger partial charge in [-0.15, -0.1) is 0 Å². The van der Waals surface area contributed by atoms with E-state index in [-0.39, 0.29) is 11.9 Å². The molecule has 2 heterocycles. The van der Waals surface area contributed by atoms with Crippen molar-refractivity contribution in [2.75, 3.05) is 40.1 Å². The summed E-state index contributed by atoms with van der Waals surface area (Å²) in [4.78, 5) is 14.7. The molecule has 0 unspecified atom stereocenters. The second kappa shape index (κ2) is 7.82. The summed E-state index contributed by atoms with van der Waals surface area (Å²) >= 11 is 2.00. The molecule has 1 aromatic heterocycles. The largest absolute Gasteiger partial charge is 0.374 e. The van der Waals surface area contributed by atoms with Gasteiger partial charge in [-0.3, -0.25) is 4.79 Å². The molecule has 6 nitrogen and oxygen atoms in total. The maximum atomic E-state index is 12.3. The van der Waals surface area contributed by atoms with E-state index in [9.17, 15) is 4.79 Å². The SMILES string of the molecule is Cc1cc(NC(=O)[C@H](C)Nc2ccc(N3CCSCC3)cc2C)no1. The van der Waals surface area contributed by atoms with Gasteiger partial charge in [-0.05, 0) is 44.5 Å². The molecule has 1 saturated heterocycles. The molecule has 0 bridgehead atoms. The van der Waals surface area contributed by atoms with Crippen molar-refractivity contribution in [3.63, 3.8) is 0 Å². The van der Waals surface area contributed by atoms with Crippen molar-refractivity contribution < 1.29 is 9.32 Å². The van der Waals surface area contributed by atoms with Crippen LogP contribution in [0.15, 0.2) is 28.8 Å². The fourth-order valence-electron chi connectivity index (χ4n) is 2.79. The average Bonchev–Trinajstić information content (AvgIpc) is 3.02. The van der Waals surface area contributed by atoms with Gasteiger partial charge >= 0.3 is 0 Å². The second-order valence-electron chi connectivity index (χ2n) is 6.28. The van der Waals surface area contributed by atoms with Gasteiger partial charge in [0.05, 0.1) is 0 Å². The number of hydrogen-bond donors (Lipinski definition) is 2. The first-order valence-electron chi connectivity index (χ1n) is 8.47. The van der Waals surface area contributed by atoms with E-state index in [0.29, 0.717) is 11.6 Å². The van der Waals surface area contributed by atoms with Gasteiger partial charge < -0.3 is 20.1 Å². The van der Waals surface area contributed by atoms with Crippen molar-refractivity contribution in [1.82, 2.24) is 5.16 Å². The van der Waals surface area contributed by atoms with Crippen LogP contribution < -0.4 is 15.5 Å². The summed E-state index contributed by atoms with van der Waals surface area (Å²) in [5, 5.41) is 9.81. The van der Waals surface area contributed by atoms with E-state index in [1.165, 1.54) is 17.2 Å². The summed E-state index contributed by atoms with van der Waals surface area (Å²) < 4.78 is 4.96. The van der Waals surface area contributed by atoms with E-state index in [1.807, 2.05) is 18.7 Å². The lowest BCUT2D eigenvalue weighted by Crippen LogP contribution is -2.33. The topological polar surface area (TPSA) is 70.4 Å². The van der Waals surface area contributed by atoms with Gasteiger partial charge in [-0.2, -0.15) is 11.8 Å². The van der Waals surface area contributed by atoms with Crippen LogP contribution in [0.4, 0.5) is 17.2 Å². The Labute approximate surface area is 152 Å². The number of rotatable bonds is 5. The number of benzene rings is 1. The number of nitrogens with zero attached hydrogens (tertiary/aromatic N) is 2. The Morgan fingerprint density at radius 1 is 1.28 bits per heavy atom. The van der Waals surface area contributed by atoms with Gasteiger partial charge in [-0.1, -0.05) is 5.16 Å². The standard InChI is InChI=1S/C18H24N4O2S/c1-12-10-15(22-6-8-25-9-7-22)4-5-16(12)19-14(3)18(23)20-17-11-13(2)24-21-17/h4-5,10-11,14,19H,6-9H2,1-3H3,(H,20,21,23)/t14-/m0/s1. The molecular weight excluding hydrogens is 336 g/mol. The molecule has 2 N–H and O–H groups in total. The van der Waals surface area contributed by atoms with Crippen molar-refractivity contribution in [2.24, 2.45) is 0 Å². The maximum absolute atomic E-state index is 12.3. The zero-order valence-corrected chi connectivity index (χ0v) is 15.7. The molecule has 25 heavy (non-hydrogen) atoms. The first-order chi connectivity index (χ1) is 12.0. The first kappa shape index (κ1) is 17.7. The van der Waals surface area contributed by atoms with Crippen molar-refractivity contribution >= 4 is 34.9 Å². The molecule has 1 aliphatic rings. The fourth-order valence-corrected chi connectivity index (χ4v) is 3.69. The summed E-state index contributed by atoms with van der Waals surface area (Å²) in [6.07, 6.45) is 0. The molecule has 1 aliphatic heterocycles. The second-order valence-corrected chi connectivity index (χ2v) is 7.50. The highest BCUT2D eigenvalue weighted by Gasteiger charge is 2.16. The zero-order valence-electron chi connectivity index (χ0n) is 14.8. The van der Waals surface area contributed by atoms with Crippen molar-refractivity contribution in [2.45, 2.75) is 26.8 Å². The van der Waals surface area contributed by atoms with Crippen LogP contribution in [0.1, 0.15) is 18.2 Å². The first-order valence-corrected chi connectivity index (χ1v) is 9.62. The number of thioether (sulfide) groups is 1. The lowest BCUT2D eigenvalue weighted by atomic mass is 10.1. The molecule has 1 atom stereocenters. The lowest BCUT2D eigenvalue weighted by Gasteiger charge is -2.29. The van der Waals surface area contributed by atoms with Gasteiger partial charge in [0, 0.05) is 42.0 Å². The summed E-state index contributed by atoms with van der Waals surface area (Å²) in [6, 6.07) is 7.67. The van der Waals surface area contributed by atoms with E-state index >= 15 is 0 Å². The van der Waals surface area contributed by atoms with Gasteiger partial charge in [-0.25, -0.2) is 0 Å². The third kappa shape index (κ3) is 4.48. The Kier molecular flexibility index (Phi) is 5.53. The highest BCUT2D eigenvalue weighted by Crippen LogP contribution is 2.25. The molecule has 134 valence electrons. The lowest BCUT2D eigenvalue weighted by molar-refractivity contribution is -0.116. The van der Waals surface area contributed by atoms with Crippen LogP contribution in [0.5, 0.6) is 0 Å². The number of aromatic nitrogens is 1. The zero-order chi connectivity index (χ0) is 17.8. The molecular formula is C18H24N4O2S. The van der Waals surface area contributed by atoms with Gasteiger partial charge in [0.25, 0.3) is 0 Å².